The zero-order valence-corrected chi connectivity index (χ0v) is 11.2. The number of amides is 2. The van der Waals surface area contributed by atoms with Gasteiger partial charge in [-0.05, 0) is 29.9 Å². The first-order valence-electron chi connectivity index (χ1n) is 6.30. The Balaban J connectivity index is 2.88. The Morgan fingerprint density at radius 1 is 1.33 bits per heavy atom. The highest BCUT2D eigenvalue weighted by Crippen LogP contribution is 2.19. The van der Waals surface area contributed by atoms with E-state index in [0.717, 1.165) is 24.1 Å². The van der Waals surface area contributed by atoms with Gasteiger partial charge in [0.15, 0.2) is 0 Å². The van der Waals surface area contributed by atoms with E-state index in [-0.39, 0.29) is 0 Å². The van der Waals surface area contributed by atoms with Crippen LogP contribution < -0.4 is 11.2 Å². The number of nitrogens with zero attached hydrogens (tertiary/aromatic N) is 1. The van der Waals surface area contributed by atoms with Gasteiger partial charge in [0.05, 0.1) is 5.71 Å². The molecule has 0 saturated heterocycles. The van der Waals surface area contributed by atoms with E-state index in [0.29, 0.717) is 5.92 Å². The molecule has 1 unspecified atom stereocenters. The van der Waals surface area contributed by atoms with E-state index in [1.54, 1.807) is 0 Å². The van der Waals surface area contributed by atoms with Crippen molar-refractivity contribution in [1.82, 2.24) is 5.43 Å². The monoisotopic (exact) mass is 247 g/mol. The fourth-order valence-corrected chi connectivity index (χ4v) is 1.71. The van der Waals surface area contributed by atoms with Crippen LogP contribution in [0.5, 0.6) is 0 Å². The summed E-state index contributed by atoms with van der Waals surface area (Å²) < 4.78 is 0. The lowest BCUT2D eigenvalue weighted by Crippen LogP contribution is -2.25. The summed E-state index contributed by atoms with van der Waals surface area (Å²) in [6.45, 7) is 6.37. The summed E-state index contributed by atoms with van der Waals surface area (Å²) in [5.74, 6) is 0.560. The number of primary amides is 1. The second kappa shape index (κ2) is 6.79. The highest BCUT2D eigenvalue weighted by Gasteiger charge is 2.05. The maximum atomic E-state index is 10.6. The third kappa shape index (κ3) is 3.87. The standard InChI is InChI=1S/C14H21N3O/c1-4-10(3)11-6-8-12(9-7-11)13(5-2)16-17-14(15)18/h6-10H,4-5H2,1-3H3,(H3,15,17,18)/b16-13+. The zero-order chi connectivity index (χ0) is 13.5. The average Bonchev–Trinajstić information content (AvgIpc) is 2.39. The lowest BCUT2D eigenvalue weighted by molar-refractivity contribution is 0.249. The average molecular weight is 247 g/mol. The van der Waals surface area contributed by atoms with Crippen LogP contribution in [0.15, 0.2) is 29.4 Å². The van der Waals surface area contributed by atoms with E-state index < -0.39 is 6.03 Å². The highest BCUT2D eigenvalue weighted by atomic mass is 16.2. The molecule has 0 fully saturated rings. The quantitative estimate of drug-likeness (QED) is 0.609. The topological polar surface area (TPSA) is 67.5 Å². The molecule has 0 aromatic heterocycles. The molecule has 98 valence electrons. The molecule has 1 aromatic carbocycles. The Kier molecular flexibility index (Phi) is 5.36. The number of hydrazone groups is 1. The molecule has 2 amide bonds. The molecule has 1 rings (SSSR count). The summed E-state index contributed by atoms with van der Waals surface area (Å²) in [4.78, 5) is 10.6. The van der Waals surface area contributed by atoms with Crippen LogP contribution in [0.1, 0.15) is 50.7 Å². The van der Waals surface area contributed by atoms with Gasteiger partial charge in [-0.25, -0.2) is 10.2 Å². The highest BCUT2D eigenvalue weighted by molar-refractivity contribution is 6.00. The van der Waals surface area contributed by atoms with E-state index in [4.69, 9.17) is 5.73 Å². The first kappa shape index (κ1) is 14.2. The molecule has 4 nitrogen and oxygen atoms in total. The third-order valence-corrected chi connectivity index (χ3v) is 3.06. The predicted octanol–water partition coefficient (Wildman–Crippen LogP) is 2.98. The van der Waals surface area contributed by atoms with Gasteiger partial charge >= 0.3 is 6.03 Å². The molecule has 0 spiro atoms. The molecule has 1 aromatic rings. The molecule has 0 heterocycles. The molecule has 0 bridgehead atoms. The maximum absolute atomic E-state index is 10.6. The van der Waals surface area contributed by atoms with Crippen LogP contribution >= 0.6 is 0 Å². The summed E-state index contributed by atoms with van der Waals surface area (Å²) in [7, 11) is 0. The van der Waals surface area contributed by atoms with Crippen LogP contribution in [-0.2, 0) is 0 Å². The number of nitrogens with two attached hydrogens (primary N) is 1. The Morgan fingerprint density at radius 2 is 1.94 bits per heavy atom. The van der Waals surface area contributed by atoms with Gasteiger partial charge in [-0.3, -0.25) is 0 Å². The van der Waals surface area contributed by atoms with Crippen molar-refractivity contribution >= 4 is 11.7 Å². The molecule has 0 radical (unpaired) electrons. The van der Waals surface area contributed by atoms with Gasteiger partial charge in [0, 0.05) is 0 Å². The molecule has 0 aliphatic heterocycles. The molecule has 0 saturated carbocycles. The van der Waals surface area contributed by atoms with E-state index in [2.05, 4.69) is 36.5 Å². The lowest BCUT2D eigenvalue weighted by atomic mass is 9.96. The Morgan fingerprint density at radius 3 is 2.39 bits per heavy atom. The second-order valence-electron chi connectivity index (χ2n) is 4.32. The number of benzene rings is 1. The third-order valence-electron chi connectivity index (χ3n) is 3.06. The molecule has 3 N–H and O–H groups in total. The number of rotatable bonds is 5. The maximum Gasteiger partial charge on any atom is 0.332 e. The van der Waals surface area contributed by atoms with E-state index in [1.807, 2.05) is 19.1 Å². The number of hydrogen-bond acceptors (Lipinski definition) is 2. The van der Waals surface area contributed by atoms with Crippen molar-refractivity contribution in [2.45, 2.75) is 39.5 Å². The number of hydrogen-bond donors (Lipinski definition) is 2. The Labute approximate surface area is 108 Å². The van der Waals surface area contributed by atoms with Crippen LogP contribution in [0.2, 0.25) is 0 Å². The molecule has 4 heteroatoms. The van der Waals surface area contributed by atoms with Gasteiger partial charge < -0.3 is 5.73 Å². The van der Waals surface area contributed by atoms with E-state index >= 15 is 0 Å². The minimum absolute atomic E-state index is 0.560. The summed E-state index contributed by atoms with van der Waals surface area (Å²) in [6, 6.07) is 7.65. The van der Waals surface area contributed by atoms with Crippen molar-refractivity contribution < 1.29 is 4.79 Å². The van der Waals surface area contributed by atoms with Gasteiger partial charge in [-0.1, -0.05) is 45.0 Å². The largest absolute Gasteiger partial charge is 0.350 e. The van der Waals surface area contributed by atoms with Gasteiger partial charge in [-0.2, -0.15) is 5.10 Å². The Hall–Kier alpha value is -1.84. The van der Waals surface area contributed by atoms with Gasteiger partial charge in [0.1, 0.15) is 0 Å². The smallest absolute Gasteiger partial charge is 0.332 e. The first-order valence-corrected chi connectivity index (χ1v) is 6.30. The summed E-state index contributed by atoms with van der Waals surface area (Å²) in [5, 5.41) is 4.00. The van der Waals surface area contributed by atoms with Crippen molar-refractivity contribution in [2.75, 3.05) is 0 Å². The van der Waals surface area contributed by atoms with E-state index in [9.17, 15) is 4.79 Å². The van der Waals surface area contributed by atoms with Crippen molar-refractivity contribution in [3.05, 3.63) is 35.4 Å². The summed E-state index contributed by atoms with van der Waals surface area (Å²) >= 11 is 0. The Bertz CT molecular complexity index is 423. The molecule has 0 aliphatic rings. The summed E-state index contributed by atoms with van der Waals surface area (Å²) in [6.07, 6.45) is 1.86. The lowest BCUT2D eigenvalue weighted by Gasteiger charge is -2.10. The molecular formula is C14H21N3O. The van der Waals surface area contributed by atoms with Gasteiger partial charge in [-0.15, -0.1) is 0 Å². The summed E-state index contributed by atoms with van der Waals surface area (Å²) in [5.41, 5.74) is 10.4. The van der Waals surface area contributed by atoms with Crippen LogP contribution in [-0.4, -0.2) is 11.7 Å². The van der Waals surface area contributed by atoms with Crippen LogP contribution in [0.4, 0.5) is 4.79 Å². The molecule has 0 aliphatic carbocycles. The number of urea groups is 1. The van der Waals surface area contributed by atoms with Crippen molar-refractivity contribution in [2.24, 2.45) is 10.8 Å². The van der Waals surface area contributed by atoms with Crippen molar-refractivity contribution in [1.29, 1.82) is 0 Å². The second-order valence-corrected chi connectivity index (χ2v) is 4.32. The number of carbonyl (C=O) groups is 1. The van der Waals surface area contributed by atoms with Gasteiger partial charge in [0.2, 0.25) is 0 Å². The minimum atomic E-state index is -0.642. The van der Waals surface area contributed by atoms with Gasteiger partial charge in [0.25, 0.3) is 0 Å². The van der Waals surface area contributed by atoms with Crippen LogP contribution in [0.25, 0.3) is 0 Å². The molecular weight excluding hydrogens is 226 g/mol. The number of nitrogens with one attached hydrogen (secondary N) is 1. The van der Waals surface area contributed by atoms with Crippen molar-refractivity contribution in [3.63, 3.8) is 0 Å². The molecule has 1 atom stereocenters. The van der Waals surface area contributed by atoms with Crippen LogP contribution in [0, 0.1) is 0 Å². The molecule has 18 heavy (non-hydrogen) atoms. The number of carbonyl (C=O) groups excluding carboxylic acids is 1. The fourth-order valence-electron chi connectivity index (χ4n) is 1.71. The first-order chi connectivity index (χ1) is 8.58. The zero-order valence-electron chi connectivity index (χ0n) is 11.2. The normalized spacial score (nSPS) is 13.2. The van der Waals surface area contributed by atoms with E-state index in [1.165, 1.54) is 5.56 Å². The predicted molar refractivity (Wildman–Crippen MR) is 74.7 cm³/mol. The minimum Gasteiger partial charge on any atom is -0.350 e. The SMILES string of the molecule is CC/C(=N\NC(N)=O)c1ccc(C(C)CC)cc1. The fraction of sp³-hybridized carbons (Fsp3) is 0.429. The van der Waals surface area contributed by atoms with Crippen molar-refractivity contribution in [3.8, 4) is 0 Å². The van der Waals surface area contributed by atoms with Crippen LogP contribution in [0.3, 0.4) is 0 Å².